The van der Waals surface area contributed by atoms with Crippen LogP contribution in [0.4, 0.5) is 0 Å². The second kappa shape index (κ2) is 4.03. The van der Waals surface area contributed by atoms with Crippen LogP contribution in [0.5, 0.6) is 0 Å². The molecule has 1 fully saturated rings. The average molecular weight is 205 g/mol. The van der Waals surface area contributed by atoms with Crippen LogP contribution in [0.25, 0.3) is 0 Å². The molecule has 1 aromatic rings. The Hall–Kier alpha value is -1.35. The van der Waals surface area contributed by atoms with Crippen molar-refractivity contribution >= 4 is 5.91 Å². The number of benzene rings is 1. The predicted molar refractivity (Wildman–Crippen MR) is 57.7 cm³/mol. The summed E-state index contributed by atoms with van der Waals surface area (Å²) >= 11 is 0. The van der Waals surface area contributed by atoms with Crippen molar-refractivity contribution in [3.63, 3.8) is 0 Å². The lowest BCUT2D eigenvalue weighted by Gasteiger charge is -2.16. The standard InChI is InChI=1S/C12H15NO2/c1-9-4-2-3-5-11(9)12(15)13-7-6-10(14)8-13/h2-5,10,14H,6-8H2,1H3/t10-/m0/s1. The summed E-state index contributed by atoms with van der Waals surface area (Å²) in [7, 11) is 0. The van der Waals surface area contributed by atoms with Crippen LogP contribution in [-0.4, -0.2) is 35.1 Å². The summed E-state index contributed by atoms with van der Waals surface area (Å²) in [5.74, 6) is 0.0321. The summed E-state index contributed by atoms with van der Waals surface area (Å²) in [6.07, 6.45) is 0.343. The highest BCUT2D eigenvalue weighted by Crippen LogP contribution is 2.15. The normalized spacial score (nSPS) is 20.7. The number of amides is 1. The molecule has 1 saturated heterocycles. The molecule has 0 saturated carbocycles. The molecule has 2 rings (SSSR count). The molecule has 1 amide bonds. The van der Waals surface area contributed by atoms with Crippen LogP contribution in [-0.2, 0) is 0 Å². The third-order valence-corrected chi connectivity index (χ3v) is 2.83. The molecule has 0 aliphatic carbocycles. The van der Waals surface area contributed by atoms with Gasteiger partial charge >= 0.3 is 0 Å². The summed E-state index contributed by atoms with van der Waals surface area (Å²) in [4.78, 5) is 13.7. The second-order valence-corrected chi connectivity index (χ2v) is 4.01. The molecule has 1 aliphatic rings. The van der Waals surface area contributed by atoms with Gasteiger partial charge in [-0.25, -0.2) is 0 Å². The second-order valence-electron chi connectivity index (χ2n) is 4.01. The van der Waals surface area contributed by atoms with E-state index in [9.17, 15) is 9.90 Å². The van der Waals surface area contributed by atoms with E-state index in [1.807, 2.05) is 31.2 Å². The zero-order valence-corrected chi connectivity index (χ0v) is 8.81. The van der Waals surface area contributed by atoms with Gasteiger partial charge in [-0.05, 0) is 25.0 Å². The highest BCUT2D eigenvalue weighted by molar-refractivity contribution is 5.95. The van der Waals surface area contributed by atoms with E-state index in [0.29, 0.717) is 19.5 Å². The van der Waals surface area contributed by atoms with Gasteiger partial charge < -0.3 is 10.0 Å². The zero-order chi connectivity index (χ0) is 10.8. The van der Waals surface area contributed by atoms with Crippen LogP contribution in [0.3, 0.4) is 0 Å². The van der Waals surface area contributed by atoms with Gasteiger partial charge in [0.05, 0.1) is 6.10 Å². The van der Waals surface area contributed by atoms with Gasteiger partial charge in [0.1, 0.15) is 0 Å². The van der Waals surface area contributed by atoms with Crippen LogP contribution < -0.4 is 0 Å². The molecule has 1 aromatic carbocycles. The monoisotopic (exact) mass is 205 g/mol. The Morgan fingerprint density at radius 1 is 1.47 bits per heavy atom. The maximum atomic E-state index is 12.0. The van der Waals surface area contributed by atoms with Crippen molar-refractivity contribution in [2.45, 2.75) is 19.4 Å². The molecular formula is C12H15NO2. The molecule has 1 atom stereocenters. The number of carbonyl (C=O) groups is 1. The van der Waals surface area contributed by atoms with Crippen molar-refractivity contribution < 1.29 is 9.90 Å². The first-order valence-electron chi connectivity index (χ1n) is 5.21. The maximum Gasteiger partial charge on any atom is 0.254 e. The molecule has 15 heavy (non-hydrogen) atoms. The first-order chi connectivity index (χ1) is 7.18. The SMILES string of the molecule is Cc1ccccc1C(=O)N1CC[C@H](O)C1. The van der Waals surface area contributed by atoms with E-state index in [4.69, 9.17) is 0 Å². The van der Waals surface area contributed by atoms with E-state index in [1.54, 1.807) is 4.90 Å². The Morgan fingerprint density at radius 3 is 2.80 bits per heavy atom. The quantitative estimate of drug-likeness (QED) is 0.748. The maximum absolute atomic E-state index is 12.0. The van der Waals surface area contributed by atoms with Crippen LogP contribution >= 0.6 is 0 Å². The number of likely N-dealkylation sites (tertiary alicyclic amines) is 1. The minimum Gasteiger partial charge on any atom is -0.391 e. The number of β-amino-alcohol motifs (C(OH)–C–C–N with tert-alkyl or cyclic N) is 1. The zero-order valence-electron chi connectivity index (χ0n) is 8.81. The predicted octanol–water partition coefficient (Wildman–Crippen LogP) is 1.20. The van der Waals surface area contributed by atoms with E-state index >= 15 is 0 Å². The number of carbonyl (C=O) groups excluding carboxylic acids is 1. The molecule has 80 valence electrons. The molecule has 0 aromatic heterocycles. The third-order valence-electron chi connectivity index (χ3n) is 2.83. The highest BCUT2D eigenvalue weighted by Gasteiger charge is 2.25. The van der Waals surface area contributed by atoms with Gasteiger partial charge in [-0.15, -0.1) is 0 Å². The van der Waals surface area contributed by atoms with Crippen molar-refractivity contribution in [1.82, 2.24) is 4.90 Å². The van der Waals surface area contributed by atoms with Crippen molar-refractivity contribution in [2.24, 2.45) is 0 Å². The lowest BCUT2D eigenvalue weighted by atomic mass is 10.1. The molecule has 0 bridgehead atoms. The van der Waals surface area contributed by atoms with Crippen molar-refractivity contribution in [3.8, 4) is 0 Å². The topological polar surface area (TPSA) is 40.5 Å². The van der Waals surface area contributed by atoms with Gasteiger partial charge in [0.25, 0.3) is 5.91 Å². The fourth-order valence-corrected chi connectivity index (χ4v) is 1.91. The number of hydrogen-bond donors (Lipinski definition) is 1. The summed E-state index contributed by atoms with van der Waals surface area (Å²) in [5, 5.41) is 9.37. The Kier molecular flexibility index (Phi) is 2.73. The smallest absolute Gasteiger partial charge is 0.254 e. The van der Waals surface area contributed by atoms with Crippen LogP contribution in [0.1, 0.15) is 22.3 Å². The van der Waals surface area contributed by atoms with Gasteiger partial charge in [0, 0.05) is 18.7 Å². The minimum absolute atomic E-state index is 0.0321. The van der Waals surface area contributed by atoms with E-state index in [0.717, 1.165) is 11.1 Å². The molecule has 0 unspecified atom stereocenters. The number of aliphatic hydroxyl groups is 1. The number of rotatable bonds is 1. The van der Waals surface area contributed by atoms with E-state index in [-0.39, 0.29) is 12.0 Å². The number of hydrogen-bond acceptors (Lipinski definition) is 2. The van der Waals surface area contributed by atoms with E-state index in [1.165, 1.54) is 0 Å². The molecule has 1 aliphatic heterocycles. The first kappa shape index (κ1) is 10.2. The van der Waals surface area contributed by atoms with Crippen molar-refractivity contribution in [2.75, 3.05) is 13.1 Å². The first-order valence-corrected chi connectivity index (χ1v) is 5.21. The van der Waals surface area contributed by atoms with E-state index < -0.39 is 0 Å². The Morgan fingerprint density at radius 2 is 2.20 bits per heavy atom. The van der Waals surface area contributed by atoms with Gasteiger partial charge in [-0.2, -0.15) is 0 Å². The lowest BCUT2D eigenvalue weighted by Crippen LogP contribution is -2.30. The van der Waals surface area contributed by atoms with Gasteiger partial charge in [0.15, 0.2) is 0 Å². The average Bonchev–Trinajstić information content (AvgIpc) is 2.65. The molecule has 1 N–H and O–H groups in total. The van der Waals surface area contributed by atoms with Crippen LogP contribution in [0.2, 0.25) is 0 Å². The number of aliphatic hydroxyl groups excluding tert-OH is 1. The molecule has 0 radical (unpaired) electrons. The molecule has 0 spiro atoms. The van der Waals surface area contributed by atoms with Gasteiger partial charge in [-0.1, -0.05) is 18.2 Å². The third kappa shape index (κ3) is 2.02. The number of aryl methyl sites for hydroxylation is 1. The van der Waals surface area contributed by atoms with Crippen LogP contribution in [0, 0.1) is 6.92 Å². The van der Waals surface area contributed by atoms with Gasteiger partial charge in [-0.3, -0.25) is 4.79 Å². The van der Waals surface area contributed by atoms with Crippen molar-refractivity contribution in [1.29, 1.82) is 0 Å². The molecule has 3 heteroatoms. The van der Waals surface area contributed by atoms with Gasteiger partial charge in [0.2, 0.25) is 0 Å². The molecule has 3 nitrogen and oxygen atoms in total. The fraction of sp³-hybridized carbons (Fsp3) is 0.417. The lowest BCUT2D eigenvalue weighted by molar-refractivity contribution is 0.0764. The Bertz CT molecular complexity index is 376. The molecular weight excluding hydrogens is 190 g/mol. The summed E-state index contributed by atoms with van der Waals surface area (Å²) in [5.41, 5.74) is 1.73. The minimum atomic E-state index is -0.349. The summed E-state index contributed by atoms with van der Waals surface area (Å²) in [6.45, 7) is 3.06. The fourth-order valence-electron chi connectivity index (χ4n) is 1.91. The highest BCUT2D eigenvalue weighted by atomic mass is 16.3. The van der Waals surface area contributed by atoms with Crippen LogP contribution in [0.15, 0.2) is 24.3 Å². The van der Waals surface area contributed by atoms with E-state index in [2.05, 4.69) is 0 Å². The number of nitrogens with zero attached hydrogens (tertiary/aromatic N) is 1. The Balaban J connectivity index is 2.18. The van der Waals surface area contributed by atoms with Crippen molar-refractivity contribution in [3.05, 3.63) is 35.4 Å². The largest absolute Gasteiger partial charge is 0.391 e. The Labute approximate surface area is 89.3 Å². The summed E-state index contributed by atoms with van der Waals surface area (Å²) in [6, 6.07) is 7.56. The summed E-state index contributed by atoms with van der Waals surface area (Å²) < 4.78 is 0. The molecule has 1 heterocycles.